The van der Waals surface area contributed by atoms with Crippen LogP contribution < -0.4 is 16.0 Å². The van der Waals surface area contributed by atoms with Crippen LogP contribution in [0.1, 0.15) is 18.5 Å². The Morgan fingerprint density at radius 2 is 1.83 bits per heavy atom. The van der Waals surface area contributed by atoms with E-state index in [1.54, 1.807) is 18.3 Å². The minimum atomic E-state index is -0.0658. The lowest BCUT2D eigenvalue weighted by molar-refractivity contribution is -0.115. The molecule has 1 fully saturated rings. The summed E-state index contributed by atoms with van der Waals surface area (Å²) in [6, 6.07) is 11.5. The van der Waals surface area contributed by atoms with Crippen LogP contribution in [0.4, 0.5) is 17.1 Å². The van der Waals surface area contributed by atoms with Crippen molar-refractivity contribution in [1.82, 2.24) is 4.98 Å². The van der Waals surface area contributed by atoms with Gasteiger partial charge in [0.1, 0.15) is 0 Å². The van der Waals surface area contributed by atoms with Crippen molar-refractivity contribution in [3.8, 4) is 0 Å². The van der Waals surface area contributed by atoms with E-state index in [4.69, 9.17) is 5.73 Å². The van der Waals surface area contributed by atoms with Crippen LogP contribution >= 0.6 is 24.8 Å². The Labute approximate surface area is 154 Å². The maximum atomic E-state index is 12.2. The molecule has 3 N–H and O–H groups in total. The molecule has 2 heterocycles. The first-order chi connectivity index (χ1) is 10.7. The van der Waals surface area contributed by atoms with Crippen molar-refractivity contribution in [3.05, 3.63) is 48.3 Å². The normalized spacial score (nSPS) is 12.9. The molecule has 3 rings (SSSR count). The smallest absolute Gasteiger partial charge is 0.230 e. The van der Waals surface area contributed by atoms with Crippen molar-refractivity contribution >= 4 is 47.8 Å². The van der Waals surface area contributed by atoms with E-state index in [0.29, 0.717) is 11.4 Å². The van der Waals surface area contributed by atoms with Gasteiger partial charge in [-0.2, -0.15) is 0 Å². The van der Waals surface area contributed by atoms with Crippen LogP contribution in [-0.2, 0) is 11.2 Å². The largest absolute Gasteiger partial charge is 0.397 e. The molecule has 1 aliphatic heterocycles. The summed E-state index contributed by atoms with van der Waals surface area (Å²) < 4.78 is 0. The molecule has 24 heavy (non-hydrogen) atoms. The summed E-state index contributed by atoms with van der Waals surface area (Å²) in [5.74, 6) is -0.0658. The van der Waals surface area contributed by atoms with Gasteiger partial charge in [0.25, 0.3) is 0 Å². The molecule has 1 amide bonds. The molecule has 5 nitrogen and oxygen atoms in total. The van der Waals surface area contributed by atoms with Crippen molar-refractivity contribution in [2.45, 2.75) is 19.3 Å². The third-order valence-corrected chi connectivity index (χ3v) is 3.81. The first kappa shape index (κ1) is 20.1. The second-order valence-corrected chi connectivity index (χ2v) is 5.52. The van der Waals surface area contributed by atoms with Gasteiger partial charge in [0, 0.05) is 18.8 Å². The Hall–Kier alpha value is -1.98. The first-order valence-corrected chi connectivity index (χ1v) is 7.56. The lowest BCUT2D eigenvalue weighted by Gasteiger charge is -2.21. The van der Waals surface area contributed by atoms with Crippen LogP contribution in [0.5, 0.6) is 0 Å². The summed E-state index contributed by atoms with van der Waals surface area (Å²) in [4.78, 5) is 18.7. The van der Waals surface area contributed by atoms with Crippen LogP contribution in [0.3, 0.4) is 0 Å². The van der Waals surface area contributed by atoms with Gasteiger partial charge in [-0.15, -0.1) is 24.8 Å². The number of rotatable bonds is 4. The van der Waals surface area contributed by atoms with E-state index in [1.165, 1.54) is 12.8 Å². The van der Waals surface area contributed by atoms with Crippen molar-refractivity contribution in [2.75, 3.05) is 29.0 Å². The summed E-state index contributed by atoms with van der Waals surface area (Å²) in [5, 5.41) is 3.00. The number of benzene rings is 1. The van der Waals surface area contributed by atoms with Crippen molar-refractivity contribution in [3.63, 3.8) is 0 Å². The maximum Gasteiger partial charge on any atom is 0.230 e. The van der Waals surface area contributed by atoms with E-state index >= 15 is 0 Å². The predicted octanol–water partition coefficient (Wildman–Crippen LogP) is 3.29. The number of anilines is 3. The second kappa shape index (κ2) is 9.35. The zero-order chi connectivity index (χ0) is 15.4. The number of para-hydroxylation sites is 2. The monoisotopic (exact) mass is 368 g/mol. The van der Waals surface area contributed by atoms with E-state index in [2.05, 4.69) is 21.3 Å². The third kappa shape index (κ3) is 5.01. The lowest BCUT2D eigenvalue weighted by atomic mass is 10.2. The van der Waals surface area contributed by atoms with E-state index in [1.807, 2.05) is 18.2 Å². The molecule has 0 aliphatic carbocycles. The third-order valence-electron chi connectivity index (χ3n) is 3.81. The number of pyridine rings is 1. The number of hydrogen-bond acceptors (Lipinski definition) is 4. The molecule has 1 aliphatic rings. The zero-order valence-electron chi connectivity index (χ0n) is 13.3. The number of nitrogens with one attached hydrogen (secondary N) is 1. The number of nitrogens with two attached hydrogens (primary N) is 1. The van der Waals surface area contributed by atoms with Crippen LogP contribution in [0, 0.1) is 0 Å². The zero-order valence-corrected chi connectivity index (χ0v) is 14.9. The number of carbonyl (C=O) groups excluding carboxylic acids is 1. The fourth-order valence-electron chi connectivity index (χ4n) is 2.71. The molecule has 1 aromatic heterocycles. The number of halogens is 2. The summed E-state index contributed by atoms with van der Waals surface area (Å²) in [5.41, 5.74) is 8.88. The Bertz CT molecular complexity index is 658. The summed E-state index contributed by atoms with van der Waals surface area (Å²) in [7, 11) is 0. The van der Waals surface area contributed by atoms with Gasteiger partial charge in [-0.1, -0.05) is 12.1 Å². The van der Waals surface area contributed by atoms with Crippen molar-refractivity contribution in [2.24, 2.45) is 0 Å². The van der Waals surface area contributed by atoms with Crippen LogP contribution in [-0.4, -0.2) is 24.0 Å². The van der Waals surface area contributed by atoms with Crippen LogP contribution in [0.25, 0.3) is 0 Å². The van der Waals surface area contributed by atoms with E-state index in [9.17, 15) is 4.79 Å². The molecule has 130 valence electrons. The lowest BCUT2D eigenvalue weighted by Crippen LogP contribution is -2.22. The molecule has 0 unspecified atom stereocenters. The number of aromatic nitrogens is 1. The van der Waals surface area contributed by atoms with E-state index in [0.717, 1.165) is 24.5 Å². The van der Waals surface area contributed by atoms with Gasteiger partial charge in [-0.25, -0.2) is 0 Å². The fraction of sp³-hybridized carbons (Fsp3) is 0.294. The number of amides is 1. The minimum absolute atomic E-state index is 0. The summed E-state index contributed by atoms with van der Waals surface area (Å²) in [6.45, 7) is 2.10. The van der Waals surface area contributed by atoms with Crippen molar-refractivity contribution < 1.29 is 4.79 Å². The molecule has 0 spiro atoms. The SMILES string of the molecule is Cl.Cl.Nc1ccc(CC(=O)Nc2ccccc2N2CCCC2)nc1. The predicted molar refractivity (Wildman–Crippen MR) is 103 cm³/mol. The highest BCUT2D eigenvalue weighted by molar-refractivity contribution is 5.95. The number of nitrogen functional groups attached to an aromatic ring is 1. The molecule has 7 heteroatoms. The second-order valence-electron chi connectivity index (χ2n) is 5.52. The standard InChI is InChI=1S/C17H20N4O.2ClH/c18-13-7-8-14(19-12-13)11-17(22)20-15-5-1-2-6-16(15)21-9-3-4-10-21;;/h1-2,5-8,12H,3-4,9-11,18H2,(H,20,22);2*1H. The van der Waals surface area contributed by atoms with Crippen LogP contribution in [0.15, 0.2) is 42.6 Å². The number of nitrogens with zero attached hydrogens (tertiary/aromatic N) is 2. The molecule has 0 bridgehead atoms. The Morgan fingerprint density at radius 1 is 1.12 bits per heavy atom. The average Bonchev–Trinajstić information content (AvgIpc) is 3.04. The van der Waals surface area contributed by atoms with Gasteiger partial charge >= 0.3 is 0 Å². The van der Waals surface area contributed by atoms with Gasteiger partial charge < -0.3 is 16.0 Å². The fourth-order valence-corrected chi connectivity index (χ4v) is 2.71. The van der Waals surface area contributed by atoms with Gasteiger partial charge in [0.05, 0.1) is 29.7 Å². The first-order valence-electron chi connectivity index (χ1n) is 7.56. The Morgan fingerprint density at radius 3 is 2.50 bits per heavy atom. The molecule has 1 aromatic carbocycles. The highest BCUT2D eigenvalue weighted by Gasteiger charge is 2.16. The van der Waals surface area contributed by atoms with Crippen LogP contribution in [0.2, 0.25) is 0 Å². The number of carbonyl (C=O) groups is 1. The summed E-state index contributed by atoms with van der Waals surface area (Å²) in [6.07, 6.45) is 4.23. The van der Waals surface area contributed by atoms with Gasteiger partial charge in [0.2, 0.25) is 5.91 Å². The Balaban J connectivity index is 0.00000144. The van der Waals surface area contributed by atoms with E-state index < -0.39 is 0 Å². The molecular formula is C17H22Cl2N4O. The maximum absolute atomic E-state index is 12.2. The van der Waals surface area contributed by atoms with Gasteiger partial charge in [0.15, 0.2) is 0 Å². The quantitative estimate of drug-likeness (QED) is 0.868. The van der Waals surface area contributed by atoms with Gasteiger partial charge in [-0.05, 0) is 37.1 Å². The van der Waals surface area contributed by atoms with Gasteiger partial charge in [-0.3, -0.25) is 9.78 Å². The molecule has 0 atom stereocenters. The minimum Gasteiger partial charge on any atom is -0.397 e. The highest BCUT2D eigenvalue weighted by Crippen LogP contribution is 2.28. The van der Waals surface area contributed by atoms with Crippen molar-refractivity contribution in [1.29, 1.82) is 0 Å². The highest BCUT2D eigenvalue weighted by atomic mass is 35.5. The average molecular weight is 369 g/mol. The topological polar surface area (TPSA) is 71.2 Å². The summed E-state index contributed by atoms with van der Waals surface area (Å²) >= 11 is 0. The number of hydrogen-bond donors (Lipinski definition) is 2. The molecule has 2 aromatic rings. The molecule has 0 saturated carbocycles. The molecular weight excluding hydrogens is 347 g/mol. The van der Waals surface area contributed by atoms with E-state index in [-0.39, 0.29) is 37.1 Å². The molecule has 0 radical (unpaired) electrons. The molecule has 1 saturated heterocycles. The Kier molecular flexibility index (Phi) is 7.82.